The van der Waals surface area contributed by atoms with Crippen molar-refractivity contribution in [3.63, 3.8) is 0 Å². The largest absolute Gasteiger partial charge is 0.419 e. The van der Waals surface area contributed by atoms with Crippen LogP contribution in [-0.4, -0.2) is 5.11 Å². The summed E-state index contributed by atoms with van der Waals surface area (Å²) in [5, 5.41) is 10.0. The standard InChI is InChI=1S/C13H10F4OS/c1-7-2-5-11(19-7)12(18)8-3-4-10(14)9(6-8)13(15,16)17/h2-6,12,18H,1H3. The average molecular weight is 290 g/mol. The number of halogens is 4. The van der Waals surface area contributed by atoms with Gasteiger partial charge in [0.1, 0.15) is 11.9 Å². The molecule has 1 N–H and O–H groups in total. The first kappa shape index (κ1) is 14.0. The number of aliphatic hydroxyl groups excluding tert-OH is 1. The molecular weight excluding hydrogens is 280 g/mol. The predicted octanol–water partition coefficient (Wildman–Crippen LogP) is 4.30. The molecule has 0 aliphatic rings. The Morgan fingerprint density at radius 3 is 2.37 bits per heavy atom. The van der Waals surface area contributed by atoms with Crippen molar-refractivity contribution in [2.24, 2.45) is 0 Å². The van der Waals surface area contributed by atoms with Gasteiger partial charge in [-0.15, -0.1) is 11.3 Å². The minimum absolute atomic E-state index is 0.0237. The Hall–Kier alpha value is -1.40. The molecule has 0 bridgehead atoms. The van der Waals surface area contributed by atoms with Gasteiger partial charge in [-0.3, -0.25) is 0 Å². The third kappa shape index (κ3) is 2.96. The van der Waals surface area contributed by atoms with E-state index in [2.05, 4.69) is 0 Å². The zero-order chi connectivity index (χ0) is 14.2. The van der Waals surface area contributed by atoms with E-state index in [1.54, 1.807) is 12.1 Å². The van der Waals surface area contributed by atoms with Gasteiger partial charge in [0.15, 0.2) is 0 Å². The molecule has 2 rings (SSSR count). The predicted molar refractivity (Wildman–Crippen MR) is 64.5 cm³/mol. The van der Waals surface area contributed by atoms with E-state index in [4.69, 9.17) is 0 Å². The summed E-state index contributed by atoms with van der Waals surface area (Å²) in [5.74, 6) is -1.34. The number of thiophene rings is 1. The Labute approximate surface area is 111 Å². The molecule has 0 spiro atoms. The molecule has 1 heterocycles. The van der Waals surface area contributed by atoms with Crippen molar-refractivity contribution in [2.75, 3.05) is 0 Å². The number of rotatable bonds is 2. The third-order valence-electron chi connectivity index (χ3n) is 2.64. The number of aliphatic hydroxyl groups is 1. The normalized spacial score (nSPS) is 13.6. The van der Waals surface area contributed by atoms with Crippen molar-refractivity contribution < 1.29 is 22.7 Å². The molecule has 6 heteroatoms. The van der Waals surface area contributed by atoms with Crippen LogP contribution in [0.1, 0.15) is 27.0 Å². The first-order chi connectivity index (χ1) is 8.79. The van der Waals surface area contributed by atoms with Crippen LogP contribution in [0.5, 0.6) is 0 Å². The highest BCUT2D eigenvalue weighted by Crippen LogP contribution is 2.35. The SMILES string of the molecule is Cc1ccc(C(O)c2ccc(F)c(C(F)(F)F)c2)s1. The Kier molecular flexibility index (Phi) is 3.64. The molecule has 1 unspecified atom stereocenters. The van der Waals surface area contributed by atoms with Crippen LogP contribution < -0.4 is 0 Å². The molecule has 1 atom stereocenters. The zero-order valence-electron chi connectivity index (χ0n) is 9.83. The van der Waals surface area contributed by atoms with Crippen LogP contribution in [0.4, 0.5) is 17.6 Å². The summed E-state index contributed by atoms with van der Waals surface area (Å²) in [7, 11) is 0. The monoisotopic (exact) mass is 290 g/mol. The molecule has 2 aromatic rings. The lowest BCUT2D eigenvalue weighted by Crippen LogP contribution is -2.10. The van der Waals surface area contributed by atoms with Gasteiger partial charge in [0.05, 0.1) is 5.56 Å². The van der Waals surface area contributed by atoms with Gasteiger partial charge in [0.2, 0.25) is 0 Å². The summed E-state index contributed by atoms with van der Waals surface area (Å²) in [6, 6.07) is 5.93. The first-order valence-corrected chi connectivity index (χ1v) is 6.21. The third-order valence-corrected chi connectivity index (χ3v) is 3.70. The van der Waals surface area contributed by atoms with Gasteiger partial charge >= 0.3 is 6.18 Å². The van der Waals surface area contributed by atoms with Crippen molar-refractivity contribution in [3.05, 3.63) is 57.0 Å². The fourth-order valence-corrected chi connectivity index (χ4v) is 2.59. The maximum absolute atomic E-state index is 13.1. The topological polar surface area (TPSA) is 20.2 Å². The fourth-order valence-electron chi connectivity index (χ4n) is 1.69. The second-order valence-corrected chi connectivity index (χ2v) is 5.41. The van der Waals surface area contributed by atoms with Crippen LogP contribution >= 0.6 is 11.3 Å². The number of hydrogen-bond acceptors (Lipinski definition) is 2. The van der Waals surface area contributed by atoms with Gasteiger partial charge in [-0.2, -0.15) is 13.2 Å². The molecule has 0 radical (unpaired) electrons. The van der Waals surface area contributed by atoms with Gasteiger partial charge in [-0.25, -0.2) is 4.39 Å². The fraction of sp³-hybridized carbons (Fsp3) is 0.231. The van der Waals surface area contributed by atoms with Crippen LogP contribution in [0.3, 0.4) is 0 Å². The van der Waals surface area contributed by atoms with Crippen LogP contribution in [0.2, 0.25) is 0 Å². The lowest BCUT2D eigenvalue weighted by Gasteiger charge is -2.13. The molecule has 0 aliphatic carbocycles. The summed E-state index contributed by atoms with van der Waals surface area (Å²) in [6.45, 7) is 1.83. The number of hydrogen-bond donors (Lipinski definition) is 1. The maximum Gasteiger partial charge on any atom is 0.419 e. The van der Waals surface area contributed by atoms with E-state index in [1.807, 2.05) is 6.92 Å². The molecule has 0 saturated heterocycles. The summed E-state index contributed by atoms with van der Waals surface area (Å²) < 4.78 is 50.9. The molecule has 1 nitrogen and oxygen atoms in total. The Balaban J connectivity index is 2.41. The maximum atomic E-state index is 13.1. The van der Waals surface area contributed by atoms with Crippen molar-refractivity contribution in [3.8, 4) is 0 Å². The molecular formula is C13H10F4OS. The van der Waals surface area contributed by atoms with Gasteiger partial charge in [-0.05, 0) is 36.8 Å². The Morgan fingerprint density at radius 2 is 1.84 bits per heavy atom. The highest BCUT2D eigenvalue weighted by Gasteiger charge is 2.34. The van der Waals surface area contributed by atoms with Crippen LogP contribution in [0, 0.1) is 12.7 Å². The zero-order valence-corrected chi connectivity index (χ0v) is 10.6. The molecule has 0 amide bonds. The molecule has 0 aliphatic heterocycles. The van der Waals surface area contributed by atoms with E-state index < -0.39 is 23.7 Å². The van der Waals surface area contributed by atoms with Crippen molar-refractivity contribution in [1.82, 2.24) is 0 Å². The highest BCUT2D eigenvalue weighted by atomic mass is 32.1. The summed E-state index contributed by atoms with van der Waals surface area (Å²) >= 11 is 1.28. The number of alkyl halides is 3. The minimum Gasteiger partial charge on any atom is -0.383 e. The second-order valence-electron chi connectivity index (χ2n) is 4.09. The van der Waals surface area contributed by atoms with Gasteiger partial charge in [0.25, 0.3) is 0 Å². The molecule has 1 aromatic carbocycles. The molecule has 0 saturated carbocycles. The van der Waals surface area contributed by atoms with Gasteiger partial charge < -0.3 is 5.11 Å². The average Bonchev–Trinajstić information content (AvgIpc) is 2.74. The van der Waals surface area contributed by atoms with Gasteiger partial charge in [-0.1, -0.05) is 6.07 Å². The molecule has 0 fully saturated rings. The van der Waals surface area contributed by atoms with E-state index in [-0.39, 0.29) is 5.56 Å². The molecule has 102 valence electrons. The summed E-state index contributed by atoms with van der Waals surface area (Å²) in [5.41, 5.74) is -1.34. The van der Waals surface area contributed by atoms with Crippen LogP contribution in [0.25, 0.3) is 0 Å². The Morgan fingerprint density at radius 1 is 1.16 bits per heavy atom. The number of benzene rings is 1. The van der Waals surface area contributed by atoms with Crippen molar-refractivity contribution in [2.45, 2.75) is 19.2 Å². The highest BCUT2D eigenvalue weighted by molar-refractivity contribution is 7.12. The Bertz CT molecular complexity index is 589. The lowest BCUT2D eigenvalue weighted by atomic mass is 10.0. The molecule has 19 heavy (non-hydrogen) atoms. The van der Waals surface area contributed by atoms with Crippen molar-refractivity contribution in [1.29, 1.82) is 0 Å². The number of aryl methyl sites for hydroxylation is 1. The van der Waals surface area contributed by atoms with Gasteiger partial charge in [0, 0.05) is 9.75 Å². The van der Waals surface area contributed by atoms with E-state index in [1.165, 1.54) is 11.3 Å². The van der Waals surface area contributed by atoms with E-state index >= 15 is 0 Å². The van der Waals surface area contributed by atoms with Crippen molar-refractivity contribution >= 4 is 11.3 Å². The van der Waals surface area contributed by atoms with E-state index in [9.17, 15) is 22.7 Å². The summed E-state index contributed by atoms with van der Waals surface area (Å²) in [4.78, 5) is 1.46. The minimum atomic E-state index is -4.77. The lowest BCUT2D eigenvalue weighted by molar-refractivity contribution is -0.140. The van der Waals surface area contributed by atoms with E-state index in [0.29, 0.717) is 10.9 Å². The van der Waals surface area contributed by atoms with Crippen LogP contribution in [0.15, 0.2) is 30.3 Å². The smallest absolute Gasteiger partial charge is 0.383 e. The first-order valence-electron chi connectivity index (χ1n) is 5.40. The molecule has 1 aromatic heterocycles. The summed E-state index contributed by atoms with van der Waals surface area (Å²) in [6.07, 6.45) is -5.95. The second kappa shape index (κ2) is 4.94. The van der Waals surface area contributed by atoms with E-state index in [0.717, 1.165) is 17.0 Å². The van der Waals surface area contributed by atoms with Crippen LogP contribution in [-0.2, 0) is 6.18 Å². The quantitative estimate of drug-likeness (QED) is 0.818.